The van der Waals surface area contributed by atoms with Crippen LogP contribution in [0.5, 0.6) is 0 Å². The van der Waals surface area contributed by atoms with E-state index >= 15 is 0 Å². The van der Waals surface area contributed by atoms with Gasteiger partial charge < -0.3 is 5.32 Å². The molecule has 3 aromatic rings. The normalized spacial score (nSPS) is 14.3. The summed E-state index contributed by atoms with van der Waals surface area (Å²) in [7, 11) is 0. The maximum atomic E-state index is 13.0. The fraction of sp³-hybridized carbons (Fsp3) is 0.375. The number of para-hydroxylation sites is 1. The van der Waals surface area contributed by atoms with Crippen molar-refractivity contribution in [3.63, 3.8) is 0 Å². The summed E-state index contributed by atoms with van der Waals surface area (Å²) in [5.74, 6) is 0.961. The van der Waals surface area contributed by atoms with Crippen molar-refractivity contribution in [1.82, 2.24) is 9.55 Å². The number of benzene rings is 2. The SMILES string of the molecule is CC(C)c1ccccc1NC(=O)c1ccc2c(=O)n3c(nc2c1)CCCCCC3. The average molecular weight is 389 g/mol. The van der Waals surface area contributed by atoms with E-state index in [4.69, 9.17) is 4.98 Å². The van der Waals surface area contributed by atoms with Crippen LogP contribution in [0.4, 0.5) is 5.69 Å². The summed E-state index contributed by atoms with van der Waals surface area (Å²) in [5.41, 5.74) is 3.03. The summed E-state index contributed by atoms with van der Waals surface area (Å²) in [6, 6.07) is 13.0. The third kappa shape index (κ3) is 3.95. The highest BCUT2D eigenvalue weighted by Crippen LogP contribution is 2.24. The van der Waals surface area contributed by atoms with Crippen LogP contribution in [0.3, 0.4) is 0 Å². The first-order chi connectivity index (χ1) is 14.0. The summed E-state index contributed by atoms with van der Waals surface area (Å²) >= 11 is 0. The Balaban J connectivity index is 1.69. The molecule has 5 heteroatoms. The van der Waals surface area contributed by atoms with Gasteiger partial charge in [0.1, 0.15) is 5.82 Å². The molecular weight excluding hydrogens is 362 g/mol. The number of carbonyl (C=O) groups excluding carboxylic acids is 1. The van der Waals surface area contributed by atoms with Gasteiger partial charge in [0.25, 0.3) is 11.5 Å². The Hall–Kier alpha value is -2.95. The number of fused-ring (bicyclic) bond motifs is 2. The summed E-state index contributed by atoms with van der Waals surface area (Å²) < 4.78 is 1.82. The fourth-order valence-electron chi connectivity index (χ4n) is 4.05. The average Bonchev–Trinajstić information content (AvgIpc) is 2.69. The monoisotopic (exact) mass is 389 g/mol. The molecule has 29 heavy (non-hydrogen) atoms. The van der Waals surface area contributed by atoms with E-state index in [0.29, 0.717) is 22.4 Å². The molecule has 4 rings (SSSR count). The van der Waals surface area contributed by atoms with Crippen LogP contribution in [0, 0.1) is 0 Å². The minimum atomic E-state index is -0.186. The van der Waals surface area contributed by atoms with Crippen molar-refractivity contribution in [2.75, 3.05) is 5.32 Å². The Morgan fingerprint density at radius 1 is 1.07 bits per heavy atom. The quantitative estimate of drug-likeness (QED) is 0.694. The zero-order valence-electron chi connectivity index (χ0n) is 17.1. The number of rotatable bonds is 3. The molecule has 0 radical (unpaired) electrons. The van der Waals surface area contributed by atoms with Gasteiger partial charge in [0.05, 0.1) is 10.9 Å². The first-order valence-electron chi connectivity index (χ1n) is 10.5. The molecule has 2 heterocycles. The topological polar surface area (TPSA) is 64.0 Å². The minimum absolute atomic E-state index is 0.00371. The van der Waals surface area contributed by atoms with E-state index in [1.807, 2.05) is 28.8 Å². The lowest BCUT2D eigenvalue weighted by atomic mass is 10.0. The lowest BCUT2D eigenvalue weighted by molar-refractivity contribution is 0.102. The molecule has 0 bridgehead atoms. The number of nitrogens with one attached hydrogen (secondary N) is 1. The van der Waals surface area contributed by atoms with Crippen molar-refractivity contribution in [1.29, 1.82) is 0 Å². The van der Waals surface area contributed by atoms with Crippen LogP contribution in [0.15, 0.2) is 47.3 Å². The highest BCUT2D eigenvalue weighted by atomic mass is 16.1. The maximum Gasteiger partial charge on any atom is 0.261 e. The molecule has 0 saturated heterocycles. The largest absolute Gasteiger partial charge is 0.322 e. The molecule has 0 aliphatic carbocycles. The minimum Gasteiger partial charge on any atom is -0.322 e. The van der Waals surface area contributed by atoms with Crippen molar-refractivity contribution in [2.45, 2.75) is 58.4 Å². The van der Waals surface area contributed by atoms with Crippen LogP contribution in [-0.2, 0) is 13.0 Å². The van der Waals surface area contributed by atoms with Crippen molar-refractivity contribution < 1.29 is 4.79 Å². The van der Waals surface area contributed by atoms with Gasteiger partial charge in [-0.3, -0.25) is 14.2 Å². The van der Waals surface area contributed by atoms with Crippen molar-refractivity contribution in [2.24, 2.45) is 0 Å². The van der Waals surface area contributed by atoms with E-state index < -0.39 is 0 Å². The number of hydrogen-bond acceptors (Lipinski definition) is 3. The van der Waals surface area contributed by atoms with Gasteiger partial charge in [0.2, 0.25) is 0 Å². The highest BCUT2D eigenvalue weighted by molar-refractivity contribution is 6.06. The van der Waals surface area contributed by atoms with E-state index in [1.54, 1.807) is 18.2 Å². The molecule has 1 aromatic heterocycles. The van der Waals surface area contributed by atoms with E-state index in [-0.39, 0.29) is 11.5 Å². The second kappa shape index (κ2) is 8.19. The molecule has 1 aliphatic rings. The lowest BCUT2D eigenvalue weighted by Crippen LogP contribution is -2.26. The molecular formula is C24H27N3O2. The van der Waals surface area contributed by atoms with Crippen LogP contribution in [0.25, 0.3) is 10.9 Å². The number of anilines is 1. The fourth-order valence-corrected chi connectivity index (χ4v) is 4.05. The molecule has 5 nitrogen and oxygen atoms in total. The first kappa shape index (κ1) is 19.4. The Bertz CT molecular complexity index is 1110. The van der Waals surface area contributed by atoms with Crippen LogP contribution in [0.2, 0.25) is 0 Å². The van der Waals surface area contributed by atoms with Gasteiger partial charge in [0, 0.05) is 24.2 Å². The Labute approximate surface area is 170 Å². The van der Waals surface area contributed by atoms with Gasteiger partial charge in [-0.2, -0.15) is 0 Å². The van der Waals surface area contributed by atoms with Gasteiger partial charge in [0.15, 0.2) is 0 Å². The first-order valence-corrected chi connectivity index (χ1v) is 10.5. The number of amides is 1. The Kier molecular flexibility index (Phi) is 5.47. The highest BCUT2D eigenvalue weighted by Gasteiger charge is 2.16. The molecule has 0 fully saturated rings. The van der Waals surface area contributed by atoms with Crippen molar-refractivity contribution in [3.05, 3.63) is 69.8 Å². The molecule has 0 atom stereocenters. The molecule has 0 spiro atoms. The molecule has 1 amide bonds. The van der Waals surface area contributed by atoms with Gasteiger partial charge in [-0.15, -0.1) is 0 Å². The summed E-state index contributed by atoms with van der Waals surface area (Å²) in [6.45, 7) is 4.93. The predicted molar refractivity (Wildman–Crippen MR) is 117 cm³/mol. The summed E-state index contributed by atoms with van der Waals surface area (Å²) in [6.07, 6.45) is 5.19. The smallest absolute Gasteiger partial charge is 0.261 e. The van der Waals surface area contributed by atoms with Crippen LogP contribution < -0.4 is 10.9 Å². The van der Waals surface area contributed by atoms with Crippen molar-refractivity contribution in [3.8, 4) is 0 Å². The van der Waals surface area contributed by atoms with E-state index in [1.165, 1.54) is 6.42 Å². The number of nitrogens with zero attached hydrogens (tertiary/aromatic N) is 2. The molecule has 0 saturated carbocycles. The predicted octanol–water partition coefficient (Wildman–Crippen LogP) is 4.89. The standard InChI is InChI=1S/C24H27N3O2/c1-16(2)18-9-6-7-10-20(18)26-23(28)17-12-13-19-21(15-17)25-22-11-5-3-4-8-14-27(22)24(19)29/h6-7,9-10,12-13,15-16H,3-5,8,11,14H2,1-2H3,(H,26,28). The number of hydrogen-bond donors (Lipinski definition) is 1. The van der Waals surface area contributed by atoms with Crippen LogP contribution in [-0.4, -0.2) is 15.5 Å². The molecule has 0 unspecified atom stereocenters. The lowest BCUT2D eigenvalue weighted by Gasteiger charge is -2.17. The van der Waals surface area contributed by atoms with E-state index in [2.05, 4.69) is 19.2 Å². The van der Waals surface area contributed by atoms with E-state index in [0.717, 1.165) is 49.3 Å². The van der Waals surface area contributed by atoms with Crippen molar-refractivity contribution >= 4 is 22.5 Å². The zero-order chi connectivity index (χ0) is 20.4. The summed E-state index contributed by atoms with van der Waals surface area (Å²) in [5, 5.41) is 3.60. The zero-order valence-corrected chi connectivity index (χ0v) is 17.1. The van der Waals surface area contributed by atoms with E-state index in [9.17, 15) is 9.59 Å². The Morgan fingerprint density at radius 2 is 1.86 bits per heavy atom. The Morgan fingerprint density at radius 3 is 2.69 bits per heavy atom. The maximum absolute atomic E-state index is 13.0. The second-order valence-corrected chi connectivity index (χ2v) is 8.08. The molecule has 150 valence electrons. The van der Waals surface area contributed by atoms with Crippen LogP contribution in [0.1, 0.15) is 67.2 Å². The van der Waals surface area contributed by atoms with Gasteiger partial charge in [-0.05, 0) is 48.6 Å². The van der Waals surface area contributed by atoms with Gasteiger partial charge in [-0.25, -0.2) is 4.98 Å². The second-order valence-electron chi connectivity index (χ2n) is 8.08. The number of aryl methyl sites for hydroxylation is 1. The third-order valence-corrected chi connectivity index (χ3v) is 5.66. The number of carbonyl (C=O) groups is 1. The third-order valence-electron chi connectivity index (χ3n) is 5.66. The number of aromatic nitrogens is 2. The van der Waals surface area contributed by atoms with Gasteiger partial charge in [-0.1, -0.05) is 44.9 Å². The van der Waals surface area contributed by atoms with Crippen LogP contribution >= 0.6 is 0 Å². The van der Waals surface area contributed by atoms with Gasteiger partial charge >= 0.3 is 0 Å². The molecule has 1 aliphatic heterocycles. The summed E-state index contributed by atoms with van der Waals surface area (Å²) in [4.78, 5) is 30.6. The molecule has 2 aromatic carbocycles. The molecule has 1 N–H and O–H groups in total.